The van der Waals surface area contributed by atoms with Crippen molar-refractivity contribution >= 4 is 5.69 Å². The minimum Gasteiger partial charge on any atom is -0.480 e. The molecule has 0 aromatic carbocycles. The smallest absolute Gasteiger partial charge is 0.237 e. The molecule has 1 rings (SSSR count). The molecule has 12 heavy (non-hydrogen) atoms. The average Bonchev–Trinajstić information content (AvgIpc) is 2.15. The fourth-order valence-electron chi connectivity index (χ4n) is 0.948. The van der Waals surface area contributed by atoms with Crippen molar-refractivity contribution < 1.29 is 4.74 Å². The third-order valence-electron chi connectivity index (χ3n) is 1.53. The minimum absolute atomic E-state index is 0.658. The standard InChI is InChI=1S/C9H14N2O/c1-3-6-10-8-5-4-7-11-9(8)12-2/h4-5,7,10H,3,6H2,1-2H3. The maximum absolute atomic E-state index is 5.07. The lowest BCUT2D eigenvalue weighted by atomic mass is 10.4. The predicted octanol–water partition coefficient (Wildman–Crippen LogP) is 1.91. The molecule has 0 atom stereocenters. The van der Waals surface area contributed by atoms with E-state index in [-0.39, 0.29) is 0 Å². The Labute approximate surface area is 72.8 Å². The molecule has 0 aliphatic heterocycles. The third kappa shape index (κ3) is 2.12. The molecule has 0 radical (unpaired) electrons. The summed E-state index contributed by atoms with van der Waals surface area (Å²) in [6, 6.07) is 3.85. The van der Waals surface area contributed by atoms with Crippen molar-refractivity contribution in [2.24, 2.45) is 0 Å². The van der Waals surface area contributed by atoms with E-state index in [1.165, 1.54) is 0 Å². The van der Waals surface area contributed by atoms with Crippen LogP contribution in [-0.2, 0) is 0 Å². The molecular formula is C9H14N2O. The molecule has 1 N–H and O–H groups in total. The van der Waals surface area contributed by atoms with Crippen LogP contribution in [0.5, 0.6) is 5.88 Å². The molecule has 3 heteroatoms. The Morgan fingerprint density at radius 3 is 3.08 bits per heavy atom. The lowest BCUT2D eigenvalue weighted by Gasteiger charge is -2.07. The summed E-state index contributed by atoms with van der Waals surface area (Å²) in [6.07, 6.45) is 2.81. The molecule has 0 amide bonds. The monoisotopic (exact) mass is 166 g/mol. The molecule has 0 saturated heterocycles. The number of hydrogen-bond donors (Lipinski definition) is 1. The minimum atomic E-state index is 0.658. The summed E-state index contributed by atoms with van der Waals surface area (Å²) in [4.78, 5) is 4.07. The number of rotatable bonds is 4. The third-order valence-corrected chi connectivity index (χ3v) is 1.53. The highest BCUT2D eigenvalue weighted by molar-refractivity contribution is 5.51. The Kier molecular flexibility index (Phi) is 3.38. The van der Waals surface area contributed by atoms with E-state index < -0.39 is 0 Å². The van der Waals surface area contributed by atoms with Crippen molar-refractivity contribution in [3.05, 3.63) is 18.3 Å². The maximum atomic E-state index is 5.07. The Morgan fingerprint density at radius 1 is 1.58 bits per heavy atom. The van der Waals surface area contributed by atoms with Crippen molar-refractivity contribution in [2.75, 3.05) is 19.0 Å². The van der Waals surface area contributed by atoms with Gasteiger partial charge in [0.25, 0.3) is 0 Å². The summed E-state index contributed by atoms with van der Waals surface area (Å²) in [6.45, 7) is 3.07. The number of hydrogen-bond acceptors (Lipinski definition) is 3. The molecule has 3 nitrogen and oxygen atoms in total. The van der Waals surface area contributed by atoms with E-state index in [4.69, 9.17) is 4.74 Å². The van der Waals surface area contributed by atoms with Gasteiger partial charge in [0.1, 0.15) is 0 Å². The second-order valence-corrected chi connectivity index (χ2v) is 2.49. The molecule has 1 heterocycles. The van der Waals surface area contributed by atoms with Gasteiger partial charge >= 0.3 is 0 Å². The SMILES string of the molecule is CCCNc1cccnc1OC. The maximum Gasteiger partial charge on any atom is 0.237 e. The molecule has 0 saturated carbocycles. The normalized spacial score (nSPS) is 9.50. The molecule has 1 aromatic rings. The highest BCUT2D eigenvalue weighted by Crippen LogP contribution is 2.19. The van der Waals surface area contributed by atoms with Crippen molar-refractivity contribution in [2.45, 2.75) is 13.3 Å². The molecule has 0 spiro atoms. The van der Waals surface area contributed by atoms with Crippen LogP contribution >= 0.6 is 0 Å². The van der Waals surface area contributed by atoms with Gasteiger partial charge in [0.2, 0.25) is 5.88 Å². The van der Waals surface area contributed by atoms with E-state index in [1.807, 2.05) is 12.1 Å². The van der Waals surface area contributed by atoms with Crippen LogP contribution in [0.3, 0.4) is 0 Å². The van der Waals surface area contributed by atoms with Crippen LogP contribution in [-0.4, -0.2) is 18.6 Å². The van der Waals surface area contributed by atoms with Crippen LogP contribution in [0, 0.1) is 0 Å². The van der Waals surface area contributed by atoms with Gasteiger partial charge in [-0.2, -0.15) is 0 Å². The number of nitrogens with one attached hydrogen (secondary N) is 1. The lowest BCUT2D eigenvalue weighted by molar-refractivity contribution is 0.399. The van der Waals surface area contributed by atoms with Crippen LogP contribution in [0.1, 0.15) is 13.3 Å². The van der Waals surface area contributed by atoms with E-state index >= 15 is 0 Å². The highest BCUT2D eigenvalue weighted by Gasteiger charge is 1.99. The van der Waals surface area contributed by atoms with Gasteiger partial charge in [-0.3, -0.25) is 0 Å². The number of methoxy groups -OCH3 is 1. The van der Waals surface area contributed by atoms with Crippen LogP contribution in [0.4, 0.5) is 5.69 Å². The Morgan fingerprint density at radius 2 is 2.42 bits per heavy atom. The van der Waals surface area contributed by atoms with Crippen LogP contribution in [0.2, 0.25) is 0 Å². The zero-order chi connectivity index (χ0) is 8.81. The largest absolute Gasteiger partial charge is 0.480 e. The number of ether oxygens (including phenoxy) is 1. The molecule has 0 aliphatic rings. The first-order chi connectivity index (χ1) is 5.88. The van der Waals surface area contributed by atoms with Crippen molar-refractivity contribution in [1.29, 1.82) is 0 Å². The summed E-state index contributed by atoms with van der Waals surface area (Å²) in [7, 11) is 1.62. The molecule has 1 aromatic heterocycles. The van der Waals surface area contributed by atoms with Crippen molar-refractivity contribution in [1.82, 2.24) is 4.98 Å². The molecule has 0 bridgehead atoms. The Bertz CT molecular complexity index is 238. The number of pyridine rings is 1. The summed E-state index contributed by atoms with van der Waals surface area (Å²) in [5, 5.41) is 3.23. The zero-order valence-corrected chi connectivity index (χ0v) is 7.50. The zero-order valence-electron chi connectivity index (χ0n) is 7.50. The fraction of sp³-hybridized carbons (Fsp3) is 0.444. The van der Waals surface area contributed by atoms with Gasteiger partial charge in [-0.15, -0.1) is 0 Å². The number of aromatic nitrogens is 1. The van der Waals surface area contributed by atoms with E-state index in [9.17, 15) is 0 Å². The second kappa shape index (κ2) is 4.59. The van der Waals surface area contributed by atoms with Crippen molar-refractivity contribution in [3.63, 3.8) is 0 Å². The molecule has 0 fully saturated rings. The van der Waals surface area contributed by atoms with E-state index in [1.54, 1.807) is 13.3 Å². The number of anilines is 1. The first kappa shape index (κ1) is 8.84. The van der Waals surface area contributed by atoms with Gasteiger partial charge in [0.15, 0.2) is 0 Å². The first-order valence-electron chi connectivity index (χ1n) is 4.11. The van der Waals surface area contributed by atoms with Gasteiger partial charge in [0, 0.05) is 12.7 Å². The van der Waals surface area contributed by atoms with Gasteiger partial charge in [-0.05, 0) is 18.6 Å². The van der Waals surface area contributed by atoms with Gasteiger partial charge in [-0.1, -0.05) is 6.92 Å². The van der Waals surface area contributed by atoms with Gasteiger partial charge in [-0.25, -0.2) is 4.98 Å². The van der Waals surface area contributed by atoms with Crippen LogP contribution in [0.25, 0.3) is 0 Å². The van der Waals surface area contributed by atoms with Crippen molar-refractivity contribution in [3.8, 4) is 5.88 Å². The molecule has 66 valence electrons. The quantitative estimate of drug-likeness (QED) is 0.742. The lowest BCUT2D eigenvalue weighted by Crippen LogP contribution is -2.02. The van der Waals surface area contributed by atoms with Gasteiger partial charge in [0.05, 0.1) is 12.8 Å². The Balaban J connectivity index is 2.68. The molecule has 0 aliphatic carbocycles. The fourth-order valence-corrected chi connectivity index (χ4v) is 0.948. The van der Waals surface area contributed by atoms with E-state index in [0.29, 0.717) is 5.88 Å². The topological polar surface area (TPSA) is 34.2 Å². The first-order valence-corrected chi connectivity index (χ1v) is 4.11. The van der Waals surface area contributed by atoms with E-state index in [2.05, 4.69) is 17.2 Å². The van der Waals surface area contributed by atoms with Crippen LogP contribution < -0.4 is 10.1 Å². The summed E-state index contributed by atoms with van der Waals surface area (Å²) in [5.74, 6) is 0.658. The summed E-state index contributed by atoms with van der Waals surface area (Å²) < 4.78 is 5.07. The average molecular weight is 166 g/mol. The molecular weight excluding hydrogens is 152 g/mol. The number of nitrogens with zero attached hydrogens (tertiary/aromatic N) is 1. The van der Waals surface area contributed by atoms with Gasteiger partial charge < -0.3 is 10.1 Å². The second-order valence-electron chi connectivity index (χ2n) is 2.49. The molecule has 0 unspecified atom stereocenters. The van der Waals surface area contributed by atoms with Crippen LogP contribution in [0.15, 0.2) is 18.3 Å². The highest BCUT2D eigenvalue weighted by atomic mass is 16.5. The van der Waals surface area contributed by atoms with E-state index in [0.717, 1.165) is 18.7 Å². The predicted molar refractivity (Wildman–Crippen MR) is 49.6 cm³/mol. The summed E-state index contributed by atoms with van der Waals surface area (Å²) >= 11 is 0. The summed E-state index contributed by atoms with van der Waals surface area (Å²) in [5.41, 5.74) is 0.960. The Hall–Kier alpha value is -1.25.